The highest BCUT2D eigenvalue weighted by atomic mass is 35.5. The van der Waals surface area contributed by atoms with Crippen LogP contribution in [0.3, 0.4) is 0 Å². The van der Waals surface area contributed by atoms with Gasteiger partial charge in [-0.15, -0.1) is 21.5 Å². The van der Waals surface area contributed by atoms with Crippen molar-refractivity contribution in [2.45, 2.75) is 38.8 Å². The second-order valence-electron chi connectivity index (χ2n) is 8.34. The zero-order chi connectivity index (χ0) is 20.4. The van der Waals surface area contributed by atoms with E-state index < -0.39 is 0 Å². The molecule has 2 atom stereocenters. The molecule has 1 fully saturated rings. The highest BCUT2D eigenvalue weighted by Crippen LogP contribution is 2.47. The Hall–Kier alpha value is -2.22. The molecule has 0 spiro atoms. The molecular formula is C22H22ClN5OS. The van der Waals surface area contributed by atoms with Crippen LogP contribution in [0, 0.1) is 12.8 Å². The third-order valence-electron chi connectivity index (χ3n) is 6.58. The zero-order valence-corrected chi connectivity index (χ0v) is 18.3. The van der Waals surface area contributed by atoms with Crippen LogP contribution >= 0.6 is 22.9 Å². The second kappa shape index (κ2) is 6.90. The number of aromatic nitrogens is 3. The van der Waals surface area contributed by atoms with Crippen molar-refractivity contribution >= 4 is 28.8 Å². The number of aryl methyl sites for hydroxylation is 1. The van der Waals surface area contributed by atoms with Crippen molar-refractivity contribution in [1.29, 1.82) is 0 Å². The average molecular weight is 440 g/mol. The Labute approximate surface area is 183 Å². The molecule has 30 heavy (non-hydrogen) atoms. The Morgan fingerprint density at radius 3 is 2.83 bits per heavy atom. The summed E-state index contributed by atoms with van der Waals surface area (Å²) in [6, 6.07) is 7.99. The Morgan fingerprint density at radius 1 is 1.23 bits per heavy atom. The molecule has 1 N–H and O–H groups in total. The van der Waals surface area contributed by atoms with Crippen LogP contribution in [0.2, 0.25) is 5.02 Å². The number of fused-ring (bicyclic) bond motifs is 5. The molecule has 2 aromatic heterocycles. The van der Waals surface area contributed by atoms with Gasteiger partial charge in [0.15, 0.2) is 5.82 Å². The summed E-state index contributed by atoms with van der Waals surface area (Å²) in [7, 11) is 0. The summed E-state index contributed by atoms with van der Waals surface area (Å²) >= 11 is 8.42. The summed E-state index contributed by atoms with van der Waals surface area (Å²) in [4.78, 5) is 16.2. The quantitative estimate of drug-likeness (QED) is 0.664. The highest BCUT2D eigenvalue weighted by molar-refractivity contribution is 7.15. The van der Waals surface area contributed by atoms with Crippen LogP contribution in [-0.2, 0) is 24.2 Å². The van der Waals surface area contributed by atoms with Crippen LogP contribution < -0.4 is 5.32 Å². The Kier molecular flexibility index (Phi) is 4.27. The molecule has 2 aliphatic heterocycles. The minimum Gasteiger partial charge on any atom is -0.342 e. The molecule has 0 saturated carbocycles. The van der Waals surface area contributed by atoms with E-state index >= 15 is 0 Å². The van der Waals surface area contributed by atoms with Gasteiger partial charge in [-0.1, -0.05) is 29.8 Å². The van der Waals surface area contributed by atoms with Crippen molar-refractivity contribution in [2.24, 2.45) is 5.92 Å². The maximum absolute atomic E-state index is 12.9. The van der Waals surface area contributed by atoms with E-state index in [1.807, 2.05) is 30.0 Å². The van der Waals surface area contributed by atoms with E-state index in [0.29, 0.717) is 12.5 Å². The summed E-state index contributed by atoms with van der Waals surface area (Å²) in [5.74, 6) is 2.18. The first-order valence-electron chi connectivity index (χ1n) is 10.4. The molecule has 3 aromatic rings. The maximum atomic E-state index is 12.9. The fraction of sp³-hybridized carbons (Fsp3) is 0.409. The van der Waals surface area contributed by atoms with Crippen LogP contribution in [0.1, 0.15) is 45.7 Å². The first kappa shape index (κ1) is 18.5. The topological polar surface area (TPSA) is 63.1 Å². The van der Waals surface area contributed by atoms with Gasteiger partial charge in [0.05, 0.1) is 12.6 Å². The van der Waals surface area contributed by atoms with Crippen molar-refractivity contribution in [3.05, 3.63) is 62.5 Å². The third-order valence-corrected chi connectivity index (χ3v) is 8.17. The molecule has 8 heteroatoms. The van der Waals surface area contributed by atoms with Gasteiger partial charge in [0, 0.05) is 34.5 Å². The summed E-state index contributed by atoms with van der Waals surface area (Å²) < 4.78 is 2.18. The van der Waals surface area contributed by atoms with E-state index in [2.05, 4.69) is 26.1 Å². The first-order chi connectivity index (χ1) is 14.6. The maximum Gasteiger partial charge on any atom is 0.226 e. The number of benzene rings is 1. The number of hydrogen-bond donors (Lipinski definition) is 1. The van der Waals surface area contributed by atoms with E-state index in [1.165, 1.54) is 21.0 Å². The lowest BCUT2D eigenvalue weighted by atomic mass is 9.94. The molecule has 6 rings (SSSR count). The average Bonchev–Trinajstić information content (AvgIpc) is 3.32. The number of rotatable bonds is 2. The summed E-state index contributed by atoms with van der Waals surface area (Å²) in [6.07, 6.45) is 2.76. The predicted octanol–water partition coefficient (Wildman–Crippen LogP) is 3.43. The van der Waals surface area contributed by atoms with Gasteiger partial charge < -0.3 is 4.90 Å². The molecule has 0 unspecified atom stereocenters. The molecule has 3 aliphatic rings. The number of thiophene rings is 1. The highest BCUT2D eigenvalue weighted by Gasteiger charge is 2.40. The van der Waals surface area contributed by atoms with Crippen molar-refractivity contribution < 1.29 is 4.79 Å². The molecular weight excluding hydrogens is 418 g/mol. The molecule has 1 amide bonds. The predicted molar refractivity (Wildman–Crippen MR) is 116 cm³/mol. The van der Waals surface area contributed by atoms with E-state index in [9.17, 15) is 4.79 Å². The molecule has 4 heterocycles. The number of halogens is 1. The standard InChI is InChI=1S/C22H22ClN5OS/c1-12-25-26-18-11-24-20(14-5-2-3-6-16(14)23)19-15-9-13(21(29)27-7-4-8-27)10-17(15)30-22(19)28(12)18/h2-3,5-6,13,20,24H,4,7-11H2,1H3/t13-,20-/m0/s1. The number of nitrogens with one attached hydrogen (secondary N) is 1. The molecule has 6 nitrogen and oxygen atoms in total. The van der Waals surface area contributed by atoms with Gasteiger partial charge in [-0.25, -0.2) is 0 Å². The van der Waals surface area contributed by atoms with E-state index in [0.717, 1.165) is 54.6 Å². The fourth-order valence-corrected chi connectivity index (χ4v) is 6.69. The monoisotopic (exact) mass is 439 g/mol. The van der Waals surface area contributed by atoms with Gasteiger partial charge in [0.2, 0.25) is 5.91 Å². The Morgan fingerprint density at radius 2 is 2.07 bits per heavy atom. The number of likely N-dealkylation sites (tertiary alicyclic amines) is 1. The zero-order valence-electron chi connectivity index (χ0n) is 16.7. The van der Waals surface area contributed by atoms with Gasteiger partial charge in [-0.3, -0.25) is 14.7 Å². The largest absolute Gasteiger partial charge is 0.342 e. The molecule has 0 bridgehead atoms. The fourth-order valence-electron chi connectivity index (χ4n) is 4.93. The van der Waals surface area contributed by atoms with E-state index in [-0.39, 0.29) is 12.0 Å². The van der Waals surface area contributed by atoms with E-state index in [4.69, 9.17) is 11.6 Å². The second-order valence-corrected chi connectivity index (χ2v) is 9.83. The molecule has 154 valence electrons. The van der Waals surface area contributed by atoms with Gasteiger partial charge in [-0.2, -0.15) is 0 Å². The SMILES string of the molecule is Cc1nnc2n1-c1sc3c(c1[C@H](c1ccccc1Cl)NC2)C[C@H](C(=O)N1CCC1)C3. The number of carbonyl (C=O) groups is 1. The Bertz CT molecular complexity index is 1160. The number of nitrogens with zero attached hydrogens (tertiary/aromatic N) is 4. The lowest BCUT2D eigenvalue weighted by Crippen LogP contribution is -2.45. The van der Waals surface area contributed by atoms with E-state index in [1.54, 1.807) is 11.3 Å². The van der Waals surface area contributed by atoms with Gasteiger partial charge in [-0.05, 0) is 43.4 Å². The van der Waals surface area contributed by atoms with Crippen LogP contribution in [-0.4, -0.2) is 38.7 Å². The molecule has 0 radical (unpaired) electrons. The van der Waals surface area contributed by atoms with Gasteiger partial charge >= 0.3 is 0 Å². The minimum absolute atomic E-state index is 0.0346. The van der Waals surface area contributed by atoms with Crippen molar-refractivity contribution in [3.8, 4) is 5.00 Å². The van der Waals surface area contributed by atoms with Crippen LogP contribution in [0.25, 0.3) is 5.00 Å². The first-order valence-corrected chi connectivity index (χ1v) is 11.6. The summed E-state index contributed by atoms with van der Waals surface area (Å²) in [5.41, 5.74) is 3.62. The molecule has 1 aliphatic carbocycles. The lowest BCUT2D eigenvalue weighted by Gasteiger charge is -2.33. The molecule has 1 saturated heterocycles. The normalized spacial score (nSPS) is 22.1. The van der Waals surface area contributed by atoms with Crippen molar-refractivity contribution in [2.75, 3.05) is 13.1 Å². The van der Waals surface area contributed by atoms with Crippen molar-refractivity contribution in [1.82, 2.24) is 25.0 Å². The number of carbonyl (C=O) groups excluding carboxylic acids is 1. The lowest BCUT2D eigenvalue weighted by molar-refractivity contribution is -0.138. The van der Waals surface area contributed by atoms with Gasteiger partial charge in [0.1, 0.15) is 10.8 Å². The number of amides is 1. The smallest absolute Gasteiger partial charge is 0.226 e. The van der Waals surface area contributed by atoms with Gasteiger partial charge in [0.25, 0.3) is 0 Å². The summed E-state index contributed by atoms with van der Waals surface area (Å²) in [5, 5.41) is 14.3. The summed E-state index contributed by atoms with van der Waals surface area (Å²) in [6.45, 7) is 4.43. The Balaban J connectivity index is 1.48. The van der Waals surface area contributed by atoms with Crippen LogP contribution in [0.4, 0.5) is 0 Å². The third kappa shape index (κ3) is 2.69. The molecule has 1 aromatic carbocycles. The minimum atomic E-state index is -0.0346. The van der Waals surface area contributed by atoms with Crippen LogP contribution in [0.15, 0.2) is 24.3 Å². The van der Waals surface area contributed by atoms with Crippen LogP contribution in [0.5, 0.6) is 0 Å². The number of hydrogen-bond acceptors (Lipinski definition) is 5. The van der Waals surface area contributed by atoms with Crippen molar-refractivity contribution in [3.63, 3.8) is 0 Å².